The van der Waals surface area contributed by atoms with Crippen molar-refractivity contribution >= 4 is 11.7 Å². The number of carbonyl (C=O) groups is 1. The van der Waals surface area contributed by atoms with Crippen LogP contribution in [0.3, 0.4) is 0 Å². The first-order valence-corrected chi connectivity index (χ1v) is 7.05. The molecule has 0 radical (unpaired) electrons. The Morgan fingerprint density at radius 2 is 2.25 bits per heavy atom. The van der Waals surface area contributed by atoms with Gasteiger partial charge in [0.1, 0.15) is 11.6 Å². The molecule has 6 heteroatoms. The van der Waals surface area contributed by atoms with E-state index < -0.39 is 0 Å². The quantitative estimate of drug-likeness (QED) is 0.854. The van der Waals surface area contributed by atoms with Gasteiger partial charge < -0.3 is 11.1 Å². The second-order valence-electron chi connectivity index (χ2n) is 5.52. The fourth-order valence-corrected chi connectivity index (χ4v) is 2.64. The molecular formula is C14H23N5O. The number of piperidine rings is 1. The summed E-state index contributed by atoms with van der Waals surface area (Å²) in [6.07, 6.45) is 1.86. The number of nitrogens with two attached hydrogens (primary N) is 1. The molecule has 2 rings (SSSR count). The lowest BCUT2D eigenvalue weighted by Crippen LogP contribution is -2.45. The van der Waals surface area contributed by atoms with E-state index in [9.17, 15) is 4.79 Å². The normalized spacial score (nSPS) is 23.6. The maximum atomic E-state index is 11.4. The van der Waals surface area contributed by atoms with Gasteiger partial charge in [-0.15, -0.1) is 0 Å². The van der Waals surface area contributed by atoms with E-state index in [0.29, 0.717) is 19.1 Å². The van der Waals surface area contributed by atoms with Crippen LogP contribution in [-0.2, 0) is 11.3 Å². The lowest BCUT2D eigenvalue weighted by Gasteiger charge is -2.36. The van der Waals surface area contributed by atoms with Gasteiger partial charge in [0.25, 0.3) is 0 Å². The second-order valence-corrected chi connectivity index (χ2v) is 5.52. The van der Waals surface area contributed by atoms with Gasteiger partial charge in [0.2, 0.25) is 5.91 Å². The third-order valence-electron chi connectivity index (χ3n) is 3.91. The monoisotopic (exact) mass is 277 g/mol. The molecule has 2 heterocycles. The highest BCUT2D eigenvalue weighted by Crippen LogP contribution is 2.23. The van der Waals surface area contributed by atoms with Gasteiger partial charge in [-0.05, 0) is 26.7 Å². The summed E-state index contributed by atoms with van der Waals surface area (Å²) in [6, 6.07) is 2.34. The van der Waals surface area contributed by atoms with Gasteiger partial charge in [-0.1, -0.05) is 0 Å². The Morgan fingerprint density at radius 3 is 2.90 bits per heavy atom. The second kappa shape index (κ2) is 6.17. The topological polar surface area (TPSA) is 84.1 Å². The molecule has 2 unspecified atom stereocenters. The Bertz CT molecular complexity index is 490. The van der Waals surface area contributed by atoms with Gasteiger partial charge in [0.05, 0.1) is 12.5 Å². The van der Waals surface area contributed by atoms with Crippen molar-refractivity contribution in [3.05, 3.63) is 17.6 Å². The van der Waals surface area contributed by atoms with Crippen molar-refractivity contribution in [1.29, 1.82) is 0 Å². The van der Waals surface area contributed by atoms with Crippen LogP contribution >= 0.6 is 0 Å². The summed E-state index contributed by atoms with van der Waals surface area (Å²) in [5, 5.41) is 3.04. The Balaban J connectivity index is 2.11. The van der Waals surface area contributed by atoms with Crippen LogP contribution in [-0.4, -0.2) is 40.4 Å². The molecule has 110 valence electrons. The predicted octanol–water partition coefficient (Wildman–Crippen LogP) is 0.913. The number of hydrogen-bond donors (Lipinski definition) is 2. The van der Waals surface area contributed by atoms with Crippen LogP contribution in [0.15, 0.2) is 6.07 Å². The number of primary amides is 1. The Kier molecular flexibility index (Phi) is 4.54. The highest BCUT2D eigenvalue weighted by Gasteiger charge is 2.29. The SMILES string of the molecule is CNc1cc(C)nc(CN2CC(C(N)=O)CCC2C)n1. The lowest BCUT2D eigenvalue weighted by atomic mass is 9.93. The van der Waals surface area contributed by atoms with E-state index in [1.807, 2.05) is 20.0 Å². The Hall–Kier alpha value is -1.69. The number of amides is 1. The number of likely N-dealkylation sites (tertiary alicyclic amines) is 1. The lowest BCUT2D eigenvalue weighted by molar-refractivity contribution is -0.124. The molecule has 1 fully saturated rings. The number of rotatable bonds is 4. The molecule has 0 aromatic carbocycles. The summed E-state index contributed by atoms with van der Waals surface area (Å²) in [7, 11) is 1.85. The van der Waals surface area contributed by atoms with Crippen LogP contribution in [0.25, 0.3) is 0 Å². The minimum Gasteiger partial charge on any atom is -0.373 e. The van der Waals surface area contributed by atoms with E-state index in [1.165, 1.54) is 0 Å². The first kappa shape index (κ1) is 14.7. The summed E-state index contributed by atoms with van der Waals surface area (Å²) >= 11 is 0. The highest BCUT2D eigenvalue weighted by atomic mass is 16.1. The molecule has 0 bridgehead atoms. The van der Waals surface area contributed by atoms with Gasteiger partial charge in [-0.25, -0.2) is 9.97 Å². The predicted molar refractivity (Wildman–Crippen MR) is 78.1 cm³/mol. The zero-order valence-electron chi connectivity index (χ0n) is 12.4. The average molecular weight is 277 g/mol. The number of aromatic nitrogens is 2. The summed E-state index contributed by atoms with van der Waals surface area (Å²) in [6.45, 7) is 5.48. The summed E-state index contributed by atoms with van der Waals surface area (Å²) in [5.74, 6) is 1.35. The highest BCUT2D eigenvalue weighted by molar-refractivity contribution is 5.76. The molecule has 0 spiro atoms. The molecule has 0 aliphatic carbocycles. The zero-order chi connectivity index (χ0) is 14.7. The van der Waals surface area contributed by atoms with Crippen molar-refractivity contribution in [1.82, 2.24) is 14.9 Å². The number of hydrogen-bond acceptors (Lipinski definition) is 5. The van der Waals surface area contributed by atoms with Gasteiger partial charge in [0.15, 0.2) is 0 Å². The molecule has 1 amide bonds. The van der Waals surface area contributed by atoms with Crippen LogP contribution in [0, 0.1) is 12.8 Å². The van der Waals surface area contributed by atoms with Crippen molar-refractivity contribution in [2.24, 2.45) is 11.7 Å². The molecule has 1 aliphatic rings. The minimum absolute atomic E-state index is 0.0558. The van der Waals surface area contributed by atoms with Crippen molar-refractivity contribution in [3.63, 3.8) is 0 Å². The van der Waals surface area contributed by atoms with E-state index >= 15 is 0 Å². The first-order valence-electron chi connectivity index (χ1n) is 7.05. The molecule has 6 nitrogen and oxygen atoms in total. The molecule has 1 saturated heterocycles. The van der Waals surface area contributed by atoms with Crippen molar-refractivity contribution in [2.45, 2.75) is 39.3 Å². The van der Waals surface area contributed by atoms with E-state index in [2.05, 4.69) is 27.1 Å². The van der Waals surface area contributed by atoms with Gasteiger partial charge >= 0.3 is 0 Å². The van der Waals surface area contributed by atoms with Crippen LogP contribution in [0.4, 0.5) is 5.82 Å². The average Bonchev–Trinajstić information content (AvgIpc) is 2.40. The Morgan fingerprint density at radius 1 is 1.50 bits per heavy atom. The molecule has 20 heavy (non-hydrogen) atoms. The molecule has 2 atom stereocenters. The molecule has 1 aliphatic heterocycles. The number of nitrogens with one attached hydrogen (secondary N) is 1. The van der Waals surface area contributed by atoms with Crippen LogP contribution in [0.1, 0.15) is 31.3 Å². The fraction of sp³-hybridized carbons (Fsp3) is 0.643. The maximum Gasteiger partial charge on any atom is 0.221 e. The van der Waals surface area contributed by atoms with Gasteiger partial charge in [-0.3, -0.25) is 9.69 Å². The van der Waals surface area contributed by atoms with Crippen molar-refractivity contribution in [3.8, 4) is 0 Å². The molecule has 1 aromatic rings. The zero-order valence-corrected chi connectivity index (χ0v) is 12.4. The number of aryl methyl sites for hydroxylation is 1. The van der Waals surface area contributed by atoms with E-state index in [4.69, 9.17) is 5.73 Å². The fourth-order valence-electron chi connectivity index (χ4n) is 2.64. The third-order valence-corrected chi connectivity index (χ3v) is 3.91. The molecule has 3 N–H and O–H groups in total. The Labute approximate surface area is 119 Å². The van der Waals surface area contributed by atoms with Crippen molar-refractivity contribution < 1.29 is 4.79 Å². The van der Waals surface area contributed by atoms with Crippen LogP contribution in [0.2, 0.25) is 0 Å². The first-order chi connectivity index (χ1) is 9.49. The van der Waals surface area contributed by atoms with Crippen LogP contribution in [0.5, 0.6) is 0 Å². The smallest absolute Gasteiger partial charge is 0.221 e. The van der Waals surface area contributed by atoms with E-state index in [1.54, 1.807) is 0 Å². The summed E-state index contributed by atoms with van der Waals surface area (Å²) < 4.78 is 0. The van der Waals surface area contributed by atoms with Crippen molar-refractivity contribution in [2.75, 3.05) is 18.9 Å². The maximum absolute atomic E-state index is 11.4. The number of carbonyl (C=O) groups excluding carboxylic acids is 1. The van der Waals surface area contributed by atoms with Gasteiger partial charge in [0, 0.05) is 31.4 Å². The van der Waals surface area contributed by atoms with E-state index in [0.717, 1.165) is 30.2 Å². The summed E-state index contributed by atoms with van der Waals surface area (Å²) in [5.41, 5.74) is 6.37. The van der Waals surface area contributed by atoms with Gasteiger partial charge in [-0.2, -0.15) is 0 Å². The molecule has 0 saturated carbocycles. The van der Waals surface area contributed by atoms with Crippen LogP contribution < -0.4 is 11.1 Å². The van der Waals surface area contributed by atoms with E-state index in [-0.39, 0.29) is 11.8 Å². The third kappa shape index (κ3) is 3.45. The number of nitrogens with zero attached hydrogens (tertiary/aromatic N) is 3. The summed E-state index contributed by atoms with van der Waals surface area (Å²) in [4.78, 5) is 22.6. The minimum atomic E-state index is -0.206. The largest absolute Gasteiger partial charge is 0.373 e. The molecular weight excluding hydrogens is 254 g/mol. The number of anilines is 1. The standard InChI is InChI=1S/C14H23N5O/c1-9-6-12(16-3)18-13(17-9)8-19-7-11(14(15)20)5-4-10(19)2/h6,10-11H,4-5,7-8H2,1-3H3,(H2,15,20)(H,16,17,18). The molecule has 1 aromatic heterocycles.